The van der Waals surface area contributed by atoms with Crippen LogP contribution in [0.25, 0.3) is 0 Å². The van der Waals surface area contributed by atoms with Crippen LogP contribution in [0.2, 0.25) is 0 Å². The van der Waals surface area contributed by atoms with Crippen molar-refractivity contribution in [3.05, 3.63) is 0 Å². The number of carboxylic acid groups (broad SMARTS) is 1. The van der Waals surface area contributed by atoms with Crippen LogP contribution < -0.4 is 0 Å². The molecule has 1 unspecified atom stereocenters. The number of aliphatic carboxylic acids is 1. The topological polar surface area (TPSA) is 40.5 Å². The van der Waals surface area contributed by atoms with E-state index in [9.17, 15) is 9.90 Å². The van der Waals surface area contributed by atoms with Gasteiger partial charge < -0.3 is 5.11 Å². The number of likely N-dealkylation sites (N-methyl/N-ethyl adjacent to an activating group) is 1. The molecule has 2 rings (SSSR count). The molecule has 3 heteroatoms. The molecule has 3 nitrogen and oxygen atoms in total. The van der Waals surface area contributed by atoms with E-state index < -0.39 is 5.97 Å². The van der Waals surface area contributed by atoms with Crippen LogP contribution in [-0.4, -0.2) is 35.1 Å². The van der Waals surface area contributed by atoms with Crippen molar-refractivity contribution in [1.29, 1.82) is 0 Å². The van der Waals surface area contributed by atoms with Gasteiger partial charge in [0.2, 0.25) is 0 Å². The lowest BCUT2D eigenvalue weighted by Crippen LogP contribution is -2.46. The van der Waals surface area contributed by atoms with E-state index in [1.807, 2.05) is 0 Å². The minimum atomic E-state index is -0.612. The van der Waals surface area contributed by atoms with Gasteiger partial charge in [0.05, 0.1) is 0 Å². The lowest BCUT2D eigenvalue weighted by molar-refractivity contribution is -0.144. The smallest absolute Gasteiger partial charge is 0.321 e. The van der Waals surface area contributed by atoms with E-state index in [4.69, 9.17) is 0 Å². The molecule has 0 aromatic carbocycles. The molecule has 0 bridgehead atoms. The predicted octanol–water partition coefficient (Wildman–Crippen LogP) is 1.97. The van der Waals surface area contributed by atoms with E-state index >= 15 is 0 Å². The zero-order valence-corrected chi connectivity index (χ0v) is 9.48. The maximum Gasteiger partial charge on any atom is 0.321 e. The van der Waals surface area contributed by atoms with Crippen LogP contribution in [0.15, 0.2) is 0 Å². The quantitative estimate of drug-likeness (QED) is 0.730. The SMILES string of the molecule is CCN(CC1CCC1)C(C(=O)O)C1CC1. The van der Waals surface area contributed by atoms with Gasteiger partial charge >= 0.3 is 5.97 Å². The van der Waals surface area contributed by atoms with E-state index in [2.05, 4.69) is 11.8 Å². The molecule has 1 atom stereocenters. The Morgan fingerprint density at radius 1 is 1.40 bits per heavy atom. The van der Waals surface area contributed by atoms with E-state index in [1.54, 1.807) is 0 Å². The van der Waals surface area contributed by atoms with Gasteiger partial charge in [-0.3, -0.25) is 9.69 Å². The second-order valence-corrected chi connectivity index (χ2v) is 5.00. The summed E-state index contributed by atoms with van der Waals surface area (Å²) in [5.41, 5.74) is 0. The van der Waals surface area contributed by atoms with Crippen LogP contribution in [0.1, 0.15) is 39.0 Å². The first-order chi connectivity index (χ1) is 7.22. The van der Waals surface area contributed by atoms with Gasteiger partial charge in [0.1, 0.15) is 6.04 Å². The van der Waals surface area contributed by atoms with Crippen LogP contribution in [-0.2, 0) is 4.79 Å². The maximum absolute atomic E-state index is 11.2. The van der Waals surface area contributed by atoms with Gasteiger partial charge in [-0.1, -0.05) is 13.3 Å². The normalized spacial score (nSPS) is 23.9. The molecule has 1 N–H and O–H groups in total. The fraction of sp³-hybridized carbons (Fsp3) is 0.917. The maximum atomic E-state index is 11.2. The molecule has 0 aromatic rings. The molecule has 2 aliphatic rings. The largest absolute Gasteiger partial charge is 0.480 e. The third-order valence-electron chi connectivity index (χ3n) is 3.84. The summed E-state index contributed by atoms with van der Waals surface area (Å²) in [6.45, 7) is 3.96. The van der Waals surface area contributed by atoms with E-state index in [0.29, 0.717) is 5.92 Å². The standard InChI is InChI=1S/C12H21NO2/c1-2-13(8-9-4-3-5-9)11(12(14)15)10-6-7-10/h9-11H,2-8H2,1H3,(H,14,15). The fourth-order valence-electron chi connectivity index (χ4n) is 2.51. The Labute approximate surface area is 91.5 Å². The summed E-state index contributed by atoms with van der Waals surface area (Å²) in [7, 11) is 0. The number of carbonyl (C=O) groups is 1. The van der Waals surface area contributed by atoms with Crippen molar-refractivity contribution in [2.24, 2.45) is 11.8 Å². The van der Waals surface area contributed by atoms with Gasteiger partial charge in [-0.05, 0) is 44.1 Å². The Morgan fingerprint density at radius 3 is 2.40 bits per heavy atom. The van der Waals surface area contributed by atoms with Crippen molar-refractivity contribution in [3.8, 4) is 0 Å². The Hall–Kier alpha value is -0.570. The Balaban J connectivity index is 1.91. The zero-order valence-electron chi connectivity index (χ0n) is 9.48. The summed E-state index contributed by atoms with van der Waals surface area (Å²) in [4.78, 5) is 13.4. The highest BCUT2D eigenvalue weighted by Crippen LogP contribution is 2.37. The second kappa shape index (κ2) is 4.52. The summed E-state index contributed by atoms with van der Waals surface area (Å²) in [5, 5.41) is 9.25. The average Bonchev–Trinajstić information content (AvgIpc) is 2.91. The van der Waals surface area contributed by atoms with Crippen molar-refractivity contribution < 1.29 is 9.90 Å². The van der Waals surface area contributed by atoms with Crippen LogP contribution in [0.4, 0.5) is 0 Å². The third kappa shape index (κ3) is 2.51. The van der Waals surface area contributed by atoms with Crippen molar-refractivity contribution in [1.82, 2.24) is 4.90 Å². The summed E-state index contributed by atoms with van der Waals surface area (Å²) < 4.78 is 0. The Morgan fingerprint density at radius 2 is 2.07 bits per heavy atom. The highest BCUT2D eigenvalue weighted by atomic mass is 16.4. The first-order valence-electron chi connectivity index (χ1n) is 6.19. The van der Waals surface area contributed by atoms with E-state index in [-0.39, 0.29) is 6.04 Å². The zero-order chi connectivity index (χ0) is 10.8. The molecule has 0 radical (unpaired) electrons. The first kappa shape index (κ1) is 10.9. The molecule has 15 heavy (non-hydrogen) atoms. The van der Waals surface area contributed by atoms with Crippen LogP contribution in [0.3, 0.4) is 0 Å². The predicted molar refractivity (Wildman–Crippen MR) is 58.7 cm³/mol. The van der Waals surface area contributed by atoms with Crippen LogP contribution in [0, 0.1) is 11.8 Å². The van der Waals surface area contributed by atoms with Gasteiger partial charge in [-0.25, -0.2) is 0 Å². The molecule has 0 aliphatic heterocycles. The van der Waals surface area contributed by atoms with Crippen molar-refractivity contribution in [3.63, 3.8) is 0 Å². The lowest BCUT2D eigenvalue weighted by atomic mass is 9.84. The molecule has 0 saturated heterocycles. The minimum absolute atomic E-state index is 0.199. The lowest BCUT2D eigenvalue weighted by Gasteiger charge is -2.35. The van der Waals surface area contributed by atoms with Crippen LogP contribution in [0.5, 0.6) is 0 Å². The summed E-state index contributed by atoms with van der Waals surface area (Å²) >= 11 is 0. The van der Waals surface area contributed by atoms with Gasteiger partial charge in [-0.15, -0.1) is 0 Å². The van der Waals surface area contributed by atoms with Gasteiger partial charge in [0, 0.05) is 6.54 Å². The van der Waals surface area contributed by atoms with Crippen molar-refractivity contribution in [2.75, 3.05) is 13.1 Å². The monoisotopic (exact) mass is 211 g/mol. The summed E-state index contributed by atoms with van der Waals surface area (Å²) in [6.07, 6.45) is 6.15. The molecule has 0 heterocycles. The molecular formula is C12H21NO2. The highest BCUT2D eigenvalue weighted by molar-refractivity contribution is 5.74. The van der Waals surface area contributed by atoms with E-state index in [0.717, 1.165) is 31.8 Å². The number of hydrogen-bond acceptors (Lipinski definition) is 2. The summed E-state index contributed by atoms with van der Waals surface area (Å²) in [6, 6.07) is -0.199. The second-order valence-electron chi connectivity index (χ2n) is 5.00. The number of nitrogens with zero attached hydrogens (tertiary/aromatic N) is 1. The molecule has 2 fully saturated rings. The van der Waals surface area contributed by atoms with Crippen molar-refractivity contribution >= 4 is 5.97 Å². The van der Waals surface area contributed by atoms with Crippen molar-refractivity contribution in [2.45, 2.75) is 45.1 Å². The van der Waals surface area contributed by atoms with Gasteiger partial charge in [0.25, 0.3) is 0 Å². The molecule has 0 amide bonds. The molecule has 2 saturated carbocycles. The third-order valence-corrected chi connectivity index (χ3v) is 3.84. The Bertz CT molecular complexity index is 234. The molecule has 2 aliphatic carbocycles. The number of rotatable bonds is 6. The van der Waals surface area contributed by atoms with Gasteiger partial charge in [-0.2, -0.15) is 0 Å². The average molecular weight is 211 g/mol. The van der Waals surface area contributed by atoms with Crippen LogP contribution >= 0.6 is 0 Å². The number of hydrogen-bond donors (Lipinski definition) is 1. The molecule has 0 spiro atoms. The Kier molecular flexibility index (Phi) is 3.29. The number of carboxylic acids is 1. The van der Waals surface area contributed by atoms with E-state index in [1.165, 1.54) is 19.3 Å². The van der Waals surface area contributed by atoms with Gasteiger partial charge in [0.15, 0.2) is 0 Å². The highest BCUT2D eigenvalue weighted by Gasteiger charge is 2.40. The summed E-state index contributed by atoms with van der Waals surface area (Å²) in [5.74, 6) is 0.590. The first-order valence-corrected chi connectivity index (χ1v) is 6.19. The molecular weight excluding hydrogens is 190 g/mol. The fourth-order valence-corrected chi connectivity index (χ4v) is 2.51. The minimum Gasteiger partial charge on any atom is -0.480 e. The molecule has 86 valence electrons. The molecule has 0 aromatic heterocycles.